The van der Waals surface area contributed by atoms with E-state index in [0.717, 1.165) is 12.1 Å². The summed E-state index contributed by atoms with van der Waals surface area (Å²) in [5, 5.41) is 0. The quantitative estimate of drug-likeness (QED) is 0.846. The van der Waals surface area contributed by atoms with Gasteiger partial charge in [-0.05, 0) is 29.8 Å². The van der Waals surface area contributed by atoms with Crippen molar-refractivity contribution < 1.29 is 27.4 Å². The van der Waals surface area contributed by atoms with Crippen molar-refractivity contribution in [3.63, 3.8) is 0 Å². The van der Waals surface area contributed by atoms with Crippen LogP contribution in [-0.2, 0) is 11.0 Å². The van der Waals surface area contributed by atoms with Crippen LogP contribution >= 0.6 is 0 Å². The zero-order valence-electron chi connectivity index (χ0n) is 12.8. The van der Waals surface area contributed by atoms with Crippen molar-refractivity contribution in [3.05, 3.63) is 53.6 Å². The minimum atomic E-state index is -4.41. The molecule has 0 bridgehead atoms. The number of benzene rings is 2. The lowest BCUT2D eigenvalue weighted by Gasteiger charge is -2.45. The number of hydrogen-bond acceptors (Lipinski definition) is 4. The van der Waals surface area contributed by atoms with Gasteiger partial charge in [-0.25, -0.2) is 0 Å². The molecule has 0 radical (unpaired) electrons. The monoisotopic (exact) mass is 350 g/mol. The van der Waals surface area contributed by atoms with E-state index < -0.39 is 23.8 Å². The van der Waals surface area contributed by atoms with Crippen LogP contribution in [0, 0.1) is 0 Å². The van der Waals surface area contributed by atoms with Crippen LogP contribution in [0.25, 0.3) is 0 Å². The molecule has 0 aromatic heterocycles. The molecule has 1 amide bonds. The van der Waals surface area contributed by atoms with Crippen molar-refractivity contribution >= 4 is 11.6 Å². The van der Waals surface area contributed by atoms with Crippen LogP contribution in [0.3, 0.4) is 0 Å². The Morgan fingerprint density at radius 1 is 1.04 bits per heavy atom. The molecular weight excluding hydrogens is 337 g/mol. The zero-order chi connectivity index (χ0) is 17.8. The van der Waals surface area contributed by atoms with Gasteiger partial charge in [0.1, 0.15) is 6.04 Å². The first-order valence-electron chi connectivity index (χ1n) is 7.52. The van der Waals surface area contributed by atoms with Crippen LogP contribution in [0.2, 0.25) is 0 Å². The number of fused-ring (bicyclic) bond motifs is 1. The Morgan fingerprint density at radius 2 is 1.72 bits per heavy atom. The summed E-state index contributed by atoms with van der Waals surface area (Å²) in [6.45, 7) is 0.106. The largest absolute Gasteiger partial charge is 0.454 e. The molecule has 2 aliphatic rings. The third-order valence-electron chi connectivity index (χ3n) is 4.35. The minimum Gasteiger partial charge on any atom is -0.454 e. The molecule has 2 aromatic carbocycles. The number of ether oxygens (including phenoxy) is 2. The Hall–Kier alpha value is -2.74. The topological polar surface area (TPSA) is 64.8 Å². The van der Waals surface area contributed by atoms with Gasteiger partial charge in [-0.1, -0.05) is 12.1 Å². The summed E-state index contributed by atoms with van der Waals surface area (Å²) >= 11 is 0. The van der Waals surface area contributed by atoms with Crippen molar-refractivity contribution in [1.82, 2.24) is 0 Å². The van der Waals surface area contributed by atoms with Crippen LogP contribution in [0.4, 0.5) is 18.9 Å². The Balaban J connectivity index is 1.65. The maximum absolute atomic E-state index is 12.7. The third-order valence-corrected chi connectivity index (χ3v) is 4.35. The molecule has 5 nitrogen and oxygen atoms in total. The summed E-state index contributed by atoms with van der Waals surface area (Å²) in [6, 6.07) is 8.36. The van der Waals surface area contributed by atoms with Gasteiger partial charge in [0.25, 0.3) is 0 Å². The minimum absolute atomic E-state index is 0.106. The number of amides is 1. The number of nitrogens with zero attached hydrogens (tertiary/aromatic N) is 1. The Labute approximate surface area is 140 Å². The zero-order valence-corrected chi connectivity index (χ0v) is 12.8. The van der Waals surface area contributed by atoms with Crippen molar-refractivity contribution in [2.24, 2.45) is 5.73 Å². The van der Waals surface area contributed by atoms with Gasteiger partial charge in [0, 0.05) is 11.8 Å². The smallest absolute Gasteiger partial charge is 0.416 e. The van der Waals surface area contributed by atoms with Crippen LogP contribution in [-0.4, -0.2) is 18.7 Å². The number of halogens is 3. The first-order chi connectivity index (χ1) is 11.9. The van der Waals surface area contributed by atoms with E-state index in [0.29, 0.717) is 22.7 Å². The highest BCUT2D eigenvalue weighted by molar-refractivity contribution is 6.05. The molecule has 8 heteroatoms. The predicted octanol–water partition coefficient (Wildman–Crippen LogP) is 2.85. The molecule has 0 aliphatic carbocycles. The lowest BCUT2D eigenvalue weighted by molar-refractivity contribution is -0.137. The first-order valence-corrected chi connectivity index (χ1v) is 7.52. The molecule has 130 valence electrons. The van der Waals surface area contributed by atoms with E-state index in [9.17, 15) is 18.0 Å². The number of hydrogen-bond donors (Lipinski definition) is 1. The van der Waals surface area contributed by atoms with E-state index in [-0.39, 0.29) is 12.7 Å². The number of β-lactam (4-membered cyclic amide) rings is 1. The van der Waals surface area contributed by atoms with Gasteiger partial charge in [0.2, 0.25) is 12.7 Å². The van der Waals surface area contributed by atoms with Crippen LogP contribution < -0.4 is 20.1 Å². The van der Waals surface area contributed by atoms with E-state index in [2.05, 4.69) is 0 Å². The van der Waals surface area contributed by atoms with Gasteiger partial charge < -0.3 is 20.1 Å². The number of nitrogens with two attached hydrogens (primary N) is 1. The molecule has 1 saturated heterocycles. The molecule has 0 spiro atoms. The highest BCUT2D eigenvalue weighted by atomic mass is 19.4. The van der Waals surface area contributed by atoms with Crippen LogP contribution in [0.1, 0.15) is 17.2 Å². The first kappa shape index (κ1) is 15.8. The number of rotatable bonds is 2. The fourth-order valence-corrected chi connectivity index (χ4v) is 3.06. The molecule has 0 unspecified atom stereocenters. The van der Waals surface area contributed by atoms with Gasteiger partial charge in [-0.2, -0.15) is 13.2 Å². The van der Waals surface area contributed by atoms with Crippen molar-refractivity contribution in [1.29, 1.82) is 0 Å². The lowest BCUT2D eigenvalue weighted by Crippen LogP contribution is -2.63. The molecule has 4 rings (SSSR count). The van der Waals surface area contributed by atoms with Gasteiger partial charge in [-0.15, -0.1) is 0 Å². The standard InChI is InChI=1S/C17H13F3N2O3/c18-17(19,20)10-3-1-9(2-4-10)15-14(21)16(23)22(15)11-5-6-12-13(7-11)25-8-24-12/h1-7,14-15H,8,21H2/t14-,15-/m1/s1. The second-order valence-electron chi connectivity index (χ2n) is 5.84. The maximum atomic E-state index is 12.7. The Morgan fingerprint density at radius 3 is 2.40 bits per heavy atom. The summed E-state index contributed by atoms with van der Waals surface area (Å²) in [7, 11) is 0. The van der Waals surface area contributed by atoms with Crippen molar-refractivity contribution in [2.45, 2.75) is 18.3 Å². The molecule has 0 saturated carbocycles. The van der Waals surface area contributed by atoms with E-state index in [1.807, 2.05) is 0 Å². The van der Waals surface area contributed by atoms with Crippen LogP contribution in [0.5, 0.6) is 11.5 Å². The van der Waals surface area contributed by atoms with E-state index in [4.69, 9.17) is 15.2 Å². The second kappa shape index (κ2) is 5.38. The van der Waals surface area contributed by atoms with Crippen molar-refractivity contribution in [2.75, 3.05) is 11.7 Å². The van der Waals surface area contributed by atoms with Gasteiger partial charge in [0.15, 0.2) is 11.5 Å². The number of alkyl halides is 3. The molecule has 25 heavy (non-hydrogen) atoms. The van der Waals surface area contributed by atoms with Crippen molar-refractivity contribution in [3.8, 4) is 11.5 Å². The third kappa shape index (κ3) is 2.49. The van der Waals surface area contributed by atoms with Crippen LogP contribution in [0.15, 0.2) is 42.5 Å². The molecule has 1 fully saturated rings. The number of carbonyl (C=O) groups is 1. The predicted molar refractivity (Wildman–Crippen MR) is 82.2 cm³/mol. The fourth-order valence-electron chi connectivity index (χ4n) is 3.06. The summed E-state index contributed by atoms with van der Waals surface area (Å²) in [5.74, 6) is 0.785. The molecule has 2 atom stereocenters. The average Bonchev–Trinajstić information content (AvgIpc) is 3.05. The van der Waals surface area contributed by atoms with Gasteiger partial charge in [0.05, 0.1) is 11.6 Å². The summed E-state index contributed by atoms with van der Waals surface area (Å²) in [4.78, 5) is 13.7. The van der Waals surface area contributed by atoms with E-state index in [1.165, 1.54) is 17.0 Å². The Bertz CT molecular complexity index is 836. The second-order valence-corrected chi connectivity index (χ2v) is 5.84. The van der Waals surface area contributed by atoms with E-state index in [1.54, 1.807) is 18.2 Å². The van der Waals surface area contributed by atoms with E-state index >= 15 is 0 Å². The average molecular weight is 350 g/mol. The Kier molecular flexibility index (Phi) is 3.40. The molecule has 2 N–H and O–H groups in total. The highest BCUT2D eigenvalue weighted by Gasteiger charge is 2.47. The normalized spacial score (nSPS) is 22.1. The molecular formula is C17H13F3N2O3. The number of carbonyl (C=O) groups excluding carboxylic acids is 1. The molecule has 2 heterocycles. The summed E-state index contributed by atoms with van der Waals surface area (Å²) in [6.07, 6.45) is -4.41. The molecule has 2 aliphatic heterocycles. The maximum Gasteiger partial charge on any atom is 0.416 e. The number of anilines is 1. The lowest BCUT2D eigenvalue weighted by atomic mass is 9.88. The summed E-state index contributed by atoms with van der Waals surface area (Å²) < 4.78 is 48.7. The SMILES string of the molecule is N[C@H]1C(=O)N(c2ccc3c(c2)OCO3)[C@@H]1c1ccc(C(F)(F)F)cc1. The molecule has 2 aromatic rings. The van der Waals surface area contributed by atoms with Gasteiger partial charge >= 0.3 is 6.18 Å². The fraction of sp³-hybridized carbons (Fsp3) is 0.235. The van der Waals surface area contributed by atoms with Gasteiger partial charge in [-0.3, -0.25) is 4.79 Å². The highest BCUT2D eigenvalue weighted by Crippen LogP contribution is 2.43. The summed E-state index contributed by atoms with van der Waals surface area (Å²) in [5.41, 5.74) is 6.24.